The van der Waals surface area contributed by atoms with Gasteiger partial charge in [-0.05, 0) is 26.0 Å². The number of aliphatic carboxylic acids is 1. The molecule has 100 valence electrons. The van der Waals surface area contributed by atoms with E-state index in [4.69, 9.17) is 0 Å². The molecule has 1 aromatic heterocycles. The first-order valence-corrected chi connectivity index (χ1v) is 6.17. The number of para-hydroxylation sites is 1. The first kappa shape index (κ1) is 13.3. The number of hydrogen-bond donors (Lipinski definition) is 2. The average molecular weight is 259 g/mol. The monoisotopic (exact) mass is 259 g/mol. The Morgan fingerprint density at radius 3 is 2.58 bits per heavy atom. The fraction of sp³-hybridized carbons (Fsp3) is 0.286. The molecule has 2 rings (SSSR count). The molecule has 1 unspecified atom stereocenters. The van der Waals surface area contributed by atoms with Crippen LogP contribution in [0.15, 0.2) is 42.7 Å². The maximum atomic E-state index is 11.3. The van der Waals surface area contributed by atoms with E-state index in [0.29, 0.717) is 5.56 Å². The summed E-state index contributed by atoms with van der Waals surface area (Å²) < 4.78 is 1.67. The highest BCUT2D eigenvalue weighted by atomic mass is 16.4. The molecule has 2 aromatic rings. The van der Waals surface area contributed by atoms with Crippen molar-refractivity contribution < 1.29 is 9.90 Å². The molecule has 19 heavy (non-hydrogen) atoms. The summed E-state index contributed by atoms with van der Waals surface area (Å²) in [6, 6.07) is 8.94. The van der Waals surface area contributed by atoms with Crippen LogP contribution in [-0.2, 0) is 4.79 Å². The van der Waals surface area contributed by atoms with E-state index in [1.165, 1.54) is 0 Å². The Hall–Kier alpha value is -2.14. The average Bonchev–Trinajstić information content (AvgIpc) is 2.86. The molecule has 1 atom stereocenters. The molecule has 0 fully saturated rings. The molecule has 0 aliphatic carbocycles. The molecule has 1 aromatic carbocycles. The predicted molar refractivity (Wildman–Crippen MR) is 72.2 cm³/mol. The van der Waals surface area contributed by atoms with Gasteiger partial charge in [-0.15, -0.1) is 0 Å². The number of rotatable bonds is 5. The van der Waals surface area contributed by atoms with E-state index in [1.54, 1.807) is 17.1 Å². The Labute approximate surface area is 111 Å². The number of nitrogens with one attached hydrogen (secondary N) is 1. The van der Waals surface area contributed by atoms with Crippen molar-refractivity contribution in [2.75, 3.05) is 0 Å². The van der Waals surface area contributed by atoms with Gasteiger partial charge in [0.25, 0.3) is 0 Å². The fourth-order valence-corrected chi connectivity index (χ4v) is 1.85. The minimum absolute atomic E-state index is 0.0844. The van der Waals surface area contributed by atoms with Crippen molar-refractivity contribution in [3.63, 3.8) is 0 Å². The predicted octanol–water partition coefficient (Wildman–Crippen LogP) is 2.00. The van der Waals surface area contributed by atoms with E-state index in [1.807, 2.05) is 44.2 Å². The van der Waals surface area contributed by atoms with Gasteiger partial charge in [0.1, 0.15) is 6.04 Å². The second kappa shape index (κ2) is 5.67. The zero-order chi connectivity index (χ0) is 13.8. The number of nitrogens with zero attached hydrogens (tertiary/aromatic N) is 2. The van der Waals surface area contributed by atoms with Crippen LogP contribution in [0.4, 0.5) is 0 Å². The van der Waals surface area contributed by atoms with Crippen LogP contribution in [0.1, 0.15) is 25.5 Å². The standard InChI is InChI=1S/C14H17N3O2/c1-10(2)16-13(14(18)19)11-8-15-17(9-11)12-6-4-3-5-7-12/h3-10,13,16H,1-2H3,(H,18,19). The number of hydrogen-bond acceptors (Lipinski definition) is 3. The zero-order valence-corrected chi connectivity index (χ0v) is 10.9. The van der Waals surface area contributed by atoms with E-state index in [0.717, 1.165) is 5.69 Å². The van der Waals surface area contributed by atoms with Crippen LogP contribution in [0.2, 0.25) is 0 Å². The number of benzene rings is 1. The fourth-order valence-electron chi connectivity index (χ4n) is 1.85. The molecular formula is C14H17N3O2. The second-order valence-electron chi connectivity index (χ2n) is 4.65. The molecule has 0 bridgehead atoms. The van der Waals surface area contributed by atoms with E-state index in [9.17, 15) is 9.90 Å². The van der Waals surface area contributed by atoms with E-state index in [2.05, 4.69) is 10.4 Å². The first-order valence-electron chi connectivity index (χ1n) is 6.17. The van der Waals surface area contributed by atoms with Gasteiger partial charge in [-0.1, -0.05) is 18.2 Å². The molecule has 0 saturated heterocycles. The molecule has 0 saturated carbocycles. The lowest BCUT2D eigenvalue weighted by molar-refractivity contribution is -0.139. The summed E-state index contributed by atoms with van der Waals surface area (Å²) in [5.74, 6) is -0.902. The summed E-state index contributed by atoms with van der Waals surface area (Å²) in [6.45, 7) is 3.83. The number of carboxylic acids is 1. The Balaban J connectivity index is 2.26. The zero-order valence-electron chi connectivity index (χ0n) is 10.9. The van der Waals surface area contributed by atoms with Crippen molar-refractivity contribution in [3.05, 3.63) is 48.3 Å². The van der Waals surface area contributed by atoms with Gasteiger partial charge in [0.2, 0.25) is 0 Å². The lowest BCUT2D eigenvalue weighted by atomic mass is 10.1. The Morgan fingerprint density at radius 1 is 1.32 bits per heavy atom. The Kier molecular flexibility index (Phi) is 3.97. The van der Waals surface area contributed by atoms with Crippen molar-refractivity contribution >= 4 is 5.97 Å². The Morgan fingerprint density at radius 2 is 2.00 bits per heavy atom. The first-order chi connectivity index (χ1) is 9.08. The van der Waals surface area contributed by atoms with Gasteiger partial charge in [-0.3, -0.25) is 10.1 Å². The SMILES string of the molecule is CC(C)NC(C(=O)O)c1cnn(-c2ccccc2)c1. The van der Waals surface area contributed by atoms with Crippen molar-refractivity contribution in [3.8, 4) is 5.69 Å². The maximum Gasteiger partial charge on any atom is 0.325 e. The molecule has 0 amide bonds. The molecule has 0 radical (unpaired) electrons. The normalized spacial score (nSPS) is 12.6. The molecule has 0 aliphatic heterocycles. The van der Waals surface area contributed by atoms with Crippen LogP contribution in [-0.4, -0.2) is 26.9 Å². The molecule has 1 heterocycles. The van der Waals surface area contributed by atoms with Crippen molar-refractivity contribution in [2.45, 2.75) is 25.9 Å². The highest BCUT2D eigenvalue weighted by Crippen LogP contribution is 2.15. The molecular weight excluding hydrogens is 242 g/mol. The number of aromatic nitrogens is 2. The third-order valence-corrected chi connectivity index (χ3v) is 2.70. The van der Waals surface area contributed by atoms with Crippen LogP contribution < -0.4 is 5.32 Å². The minimum atomic E-state index is -0.902. The van der Waals surface area contributed by atoms with E-state index >= 15 is 0 Å². The quantitative estimate of drug-likeness (QED) is 0.861. The second-order valence-corrected chi connectivity index (χ2v) is 4.65. The van der Waals surface area contributed by atoms with Crippen molar-refractivity contribution in [1.82, 2.24) is 15.1 Å². The summed E-state index contributed by atoms with van der Waals surface area (Å²) in [4.78, 5) is 11.3. The molecule has 5 nitrogen and oxygen atoms in total. The van der Waals surface area contributed by atoms with Crippen LogP contribution >= 0.6 is 0 Å². The van der Waals surface area contributed by atoms with E-state index < -0.39 is 12.0 Å². The van der Waals surface area contributed by atoms with Gasteiger partial charge in [-0.25, -0.2) is 4.68 Å². The highest BCUT2D eigenvalue weighted by molar-refractivity contribution is 5.75. The molecule has 5 heteroatoms. The third-order valence-electron chi connectivity index (χ3n) is 2.70. The number of carboxylic acid groups (broad SMARTS) is 1. The van der Waals surface area contributed by atoms with Crippen LogP contribution in [0.5, 0.6) is 0 Å². The topological polar surface area (TPSA) is 67.2 Å². The van der Waals surface area contributed by atoms with Crippen molar-refractivity contribution in [2.24, 2.45) is 0 Å². The molecule has 0 aliphatic rings. The lowest BCUT2D eigenvalue weighted by Gasteiger charge is -2.15. The smallest absolute Gasteiger partial charge is 0.325 e. The number of carbonyl (C=O) groups is 1. The maximum absolute atomic E-state index is 11.3. The highest BCUT2D eigenvalue weighted by Gasteiger charge is 2.22. The largest absolute Gasteiger partial charge is 0.480 e. The van der Waals surface area contributed by atoms with Crippen LogP contribution in [0.25, 0.3) is 5.69 Å². The van der Waals surface area contributed by atoms with Gasteiger partial charge in [0.05, 0.1) is 11.9 Å². The van der Waals surface area contributed by atoms with Gasteiger partial charge in [-0.2, -0.15) is 5.10 Å². The summed E-state index contributed by atoms with van der Waals surface area (Å²) in [7, 11) is 0. The third kappa shape index (κ3) is 3.20. The minimum Gasteiger partial charge on any atom is -0.480 e. The summed E-state index contributed by atoms with van der Waals surface area (Å²) in [5, 5.41) is 16.5. The summed E-state index contributed by atoms with van der Waals surface area (Å²) in [6.07, 6.45) is 3.32. The Bertz CT molecular complexity index is 549. The summed E-state index contributed by atoms with van der Waals surface area (Å²) in [5.41, 5.74) is 1.55. The van der Waals surface area contributed by atoms with Gasteiger partial charge in [0, 0.05) is 17.8 Å². The van der Waals surface area contributed by atoms with Crippen LogP contribution in [0.3, 0.4) is 0 Å². The summed E-state index contributed by atoms with van der Waals surface area (Å²) >= 11 is 0. The van der Waals surface area contributed by atoms with Crippen molar-refractivity contribution in [1.29, 1.82) is 0 Å². The molecule has 2 N–H and O–H groups in total. The van der Waals surface area contributed by atoms with Crippen LogP contribution in [0, 0.1) is 0 Å². The van der Waals surface area contributed by atoms with Gasteiger partial charge >= 0.3 is 5.97 Å². The van der Waals surface area contributed by atoms with Gasteiger partial charge in [0.15, 0.2) is 0 Å². The van der Waals surface area contributed by atoms with Gasteiger partial charge < -0.3 is 5.11 Å². The lowest BCUT2D eigenvalue weighted by Crippen LogP contribution is -2.33. The van der Waals surface area contributed by atoms with E-state index in [-0.39, 0.29) is 6.04 Å². The molecule has 0 spiro atoms.